The smallest absolute Gasteiger partial charge is 0.260 e. The molecule has 140 valence electrons. The molecule has 4 heteroatoms. The standard InChI is InChI=1S/C23H26N2OS/c1-5-15-25(21(26)18-11-13-19(14-12-18)23(2,3)4)22-24-20(16-27-22)17-9-7-6-8-10-17/h6-14,16H,5,15H2,1-4H3. The van der Waals surface area contributed by atoms with Gasteiger partial charge in [-0.1, -0.05) is 70.2 Å². The van der Waals surface area contributed by atoms with Gasteiger partial charge in [0.25, 0.3) is 5.91 Å². The number of rotatable bonds is 5. The van der Waals surface area contributed by atoms with E-state index in [2.05, 4.69) is 39.8 Å². The van der Waals surface area contributed by atoms with Gasteiger partial charge in [-0.3, -0.25) is 9.69 Å². The van der Waals surface area contributed by atoms with Crippen molar-refractivity contribution in [3.05, 3.63) is 71.1 Å². The van der Waals surface area contributed by atoms with Crippen LogP contribution in [0.2, 0.25) is 0 Å². The van der Waals surface area contributed by atoms with Crippen LogP contribution in [0.1, 0.15) is 50.0 Å². The Morgan fingerprint density at radius 1 is 1.04 bits per heavy atom. The van der Waals surface area contributed by atoms with Crippen LogP contribution in [0.15, 0.2) is 60.0 Å². The Kier molecular flexibility index (Phi) is 5.76. The molecule has 0 aliphatic carbocycles. The van der Waals surface area contributed by atoms with Crippen molar-refractivity contribution in [2.75, 3.05) is 11.4 Å². The van der Waals surface area contributed by atoms with Crippen molar-refractivity contribution in [1.82, 2.24) is 4.98 Å². The van der Waals surface area contributed by atoms with Crippen LogP contribution in [0, 0.1) is 0 Å². The minimum Gasteiger partial charge on any atom is -0.284 e. The molecule has 3 aromatic rings. The predicted molar refractivity (Wildman–Crippen MR) is 115 cm³/mol. The summed E-state index contributed by atoms with van der Waals surface area (Å²) >= 11 is 1.52. The lowest BCUT2D eigenvalue weighted by Gasteiger charge is -2.21. The van der Waals surface area contributed by atoms with Crippen molar-refractivity contribution in [2.45, 2.75) is 39.5 Å². The van der Waals surface area contributed by atoms with Gasteiger partial charge in [-0.2, -0.15) is 0 Å². The van der Waals surface area contributed by atoms with Gasteiger partial charge >= 0.3 is 0 Å². The molecule has 0 spiro atoms. The average Bonchev–Trinajstić information content (AvgIpc) is 3.15. The highest BCUT2D eigenvalue weighted by atomic mass is 32.1. The zero-order valence-corrected chi connectivity index (χ0v) is 17.2. The lowest BCUT2D eigenvalue weighted by Crippen LogP contribution is -2.31. The monoisotopic (exact) mass is 378 g/mol. The highest BCUT2D eigenvalue weighted by molar-refractivity contribution is 7.14. The fourth-order valence-electron chi connectivity index (χ4n) is 2.91. The summed E-state index contributed by atoms with van der Waals surface area (Å²) in [6, 6.07) is 18.0. The first-order valence-electron chi connectivity index (χ1n) is 9.33. The maximum absolute atomic E-state index is 13.1. The second kappa shape index (κ2) is 8.05. The highest BCUT2D eigenvalue weighted by Gasteiger charge is 2.21. The first-order chi connectivity index (χ1) is 12.9. The molecule has 2 aromatic carbocycles. The van der Waals surface area contributed by atoms with E-state index >= 15 is 0 Å². The molecule has 0 aliphatic heterocycles. The quantitative estimate of drug-likeness (QED) is 0.532. The van der Waals surface area contributed by atoms with E-state index in [0.717, 1.165) is 22.8 Å². The van der Waals surface area contributed by atoms with E-state index in [1.54, 1.807) is 4.90 Å². The van der Waals surface area contributed by atoms with E-state index in [0.29, 0.717) is 12.1 Å². The predicted octanol–water partition coefficient (Wildman–Crippen LogP) is 6.16. The number of amides is 1. The van der Waals surface area contributed by atoms with Crippen LogP contribution in [0.3, 0.4) is 0 Å². The number of benzene rings is 2. The van der Waals surface area contributed by atoms with Gasteiger partial charge < -0.3 is 0 Å². The molecule has 1 amide bonds. The van der Waals surface area contributed by atoms with E-state index in [9.17, 15) is 4.79 Å². The Morgan fingerprint density at radius 2 is 1.70 bits per heavy atom. The van der Waals surface area contributed by atoms with Gasteiger partial charge in [-0.05, 0) is 29.5 Å². The second-order valence-electron chi connectivity index (χ2n) is 7.67. The zero-order valence-electron chi connectivity index (χ0n) is 16.4. The van der Waals surface area contributed by atoms with Crippen molar-refractivity contribution in [2.24, 2.45) is 0 Å². The van der Waals surface area contributed by atoms with Crippen molar-refractivity contribution in [3.8, 4) is 11.3 Å². The summed E-state index contributed by atoms with van der Waals surface area (Å²) in [7, 11) is 0. The summed E-state index contributed by atoms with van der Waals surface area (Å²) in [6.45, 7) is 9.26. The van der Waals surface area contributed by atoms with E-state index in [4.69, 9.17) is 4.98 Å². The minimum absolute atomic E-state index is 0.00581. The summed E-state index contributed by atoms with van der Waals surface area (Å²) in [4.78, 5) is 19.7. The van der Waals surface area contributed by atoms with Gasteiger partial charge in [0.1, 0.15) is 0 Å². The molecular weight excluding hydrogens is 352 g/mol. The average molecular weight is 379 g/mol. The molecule has 1 heterocycles. The largest absolute Gasteiger partial charge is 0.284 e. The second-order valence-corrected chi connectivity index (χ2v) is 8.50. The Morgan fingerprint density at radius 3 is 2.30 bits per heavy atom. The van der Waals surface area contributed by atoms with E-state index in [-0.39, 0.29) is 11.3 Å². The molecule has 1 aromatic heterocycles. The molecular formula is C23H26N2OS. The molecule has 27 heavy (non-hydrogen) atoms. The molecule has 3 rings (SSSR count). The first-order valence-corrected chi connectivity index (χ1v) is 10.2. The van der Waals surface area contributed by atoms with Crippen molar-refractivity contribution in [3.63, 3.8) is 0 Å². The SMILES string of the molecule is CCCN(C(=O)c1ccc(C(C)(C)C)cc1)c1nc(-c2ccccc2)cs1. The number of aromatic nitrogens is 1. The van der Waals surface area contributed by atoms with Gasteiger partial charge in [0.15, 0.2) is 5.13 Å². The number of anilines is 1. The topological polar surface area (TPSA) is 33.2 Å². The molecule has 0 unspecified atom stereocenters. The third kappa shape index (κ3) is 4.45. The van der Waals surface area contributed by atoms with E-state index < -0.39 is 0 Å². The van der Waals surface area contributed by atoms with Crippen LogP contribution < -0.4 is 4.90 Å². The number of nitrogens with zero attached hydrogens (tertiary/aromatic N) is 2. The molecule has 3 nitrogen and oxygen atoms in total. The summed E-state index contributed by atoms with van der Waals surface area (Å²) < 4.78 is 0. The molecule has 0 saturated heterocycles. The minimum atomic E-state index is 0.00581. The molecule has 0 aliphatic rings. The van der Waals surface area contributed by atoms with Gasteiger partial charge in [0.2, 0.25) is 0 Å². The van der Waals surface area contributed by atoms with Crippen molar-refractivity contribution < 1.29 is 4.79 Å². The fourth-order valence-corrected chi connectivity index (χ4v) is 3.76. The summed E-state index contributed by atoms with van der Waals surface area (Å²) in [5, 5.41) is 2.77. The van der Waals surface area contributed by atoms with Crippen molar-refractivity contribution in [1.29, 1.82) is 0 Å². The van der Waals surface area contributed by atoms with E-state index in [1.807, 2.05) is 47.8 Å². The molecule has 0 saturated carbocycles. The third-order valence-corrected chi connectivity index (χ3v) is 5.35. The molecule has 0 atom stereocenters. The number of carbonyl (C=O) groups excluding carboxylic acids is 1. The third-order valence-electron chi connectivity index (χ3n) is 4.48. The summed E-state index contributed by atoms with van der Waals surface area (Å²) in [5.74, 6) is 0.00581. The van der Waals surface area contributed by atoms with Gasteiger partial charge in [-0.25, -0.2) is 4.98 Å². The Labute approximate surface area is 165 Å². The Bertz CT molecular complexity index is 892. The zero-order chi connectivity index (χ0) is 19.4. The fraction of sp³-hybridized carbons (Fsp3) is 0.304. The Hall–Kier alpha value is -2.46. The Balaban J connectivity index is 1.87. The number of hydrogen-bond donors (Lipinski definition) is 0. The van der Waals surface area contributed by atoms with Crippen molar-refractivity contribution >= 4 is 22.4 Å². The maximum Gasteiger partial charge on any atom is 0.260 e. The molecule has 0 radical (unpaired) electrons. The molecule has 0 bridgehead atoms. The number of hydrogen-bond acceptors (Lipinski definition) is 3. The molecule has 0 N–H and O–H groups in total. The van der Waals surface area contributed by atoms with Gasteiger partial charge in [-0.15, -0.1) is 11.3 Å². The highest BCUT2D eigenvalue weighted by Crippen LogP contribution is 2.29. The van der Waals surface area contributed by atoms with Crippen LogP contribution in [-0.4, -0.2) is 17.4 Å². The van der Waals surface area contributed by atoms with Crippen LogP contribution in [0.5, 0.6) is 0 Å². The van der Waals surface area contributed by atoms with Crippen LogP contribution in [-0.2, 0) is 5.41 Å². The maximum atomic E-state index is 13.1. The van der Waals surface area contributed by atoms with Gasteiger partial charge in [0, 0.05) is 23.1 Å². The number of thiazole rings is 1. The lowest BCUT2D eigenvalue weighted by atomic mass is 9.86. The summed E-state index contributed by atoms with van der Waals surface area (Å²) in [5.41, 5.74) is 3.98. The number of carbonyl (C=O) groups is 1. The normalized spacial score (nSPS) is 11.4. The van der Waals surface area contributed by atoms with Crippen LogP contribution in [0.4, 0.5) is 5.13 Å². The summed E-state index contributed by atoms with van der Waals surface area (Å²) in [6.07, 6.45) is 0.881. The molecule has 0 fully saturated rings. The van der Waals surface area contributed by atoms with Crippen LogP contribution in [0.25, 0.3) is 11.3 Å². The van der Waals surface area contributed by atoms with E-state index in [1.165, 1.54) is 16.9 Å². The first kappa shape index (κ1) is 19.3. The lowest BCUT2D eigenvalue weighted by molar-refractivity contribution is 0.0987. The van der Waals surface area contributed by atoms with Gasteiger partial charge in [0.05, 0.1) is 5.69 Å². The van der Waals surface area contributed by atoms with Crippen LogP contribution >= 0.6 is 11.3 Å².